The van der Waals surface area contributed by atoms with E-state index in [1.54, 1.807) is 11.3 Å². The molecule has 3 rings (SSSR count). The number of aliphatic imine (C=N–C) groups is 1. The van der Waals surface area contributed by atoms with E-state index in [9.17, 15) is 0 Å². The maximum atomic E-state index is 4.68. The molecule has 2 heterocycles. The Hall–Kier alpha value is -2.34. The second-order valence-corrected chi connectivity index (χ2v) is 7.31. The van der Waals surface area contributed by atoms with Crippen LogP contribution >= 0.6 is 11.3 Å². The average molecular weight is 356 g/mol. The van der Waals surface area contributed by atoms with Crippen molar-refractivity contribution in [2.24, 2.45) is 4.99 Å². The molecule has 0 unspecified atom stereocenters. The van der Waals surface area contributed by atoms with Gasteiger partial charge in [-0.25, -0.2) is 9.98 Å². The molecule has 0 spiro atoms. The summed E-state index contributed by atoms with van der Waals surface area (Å²) in [7, 11) is 0. The van der Waals surface area contributed by atoms with E-state index in [4.69, 9.17) is 0 Å². The maximum Gasteiger partial charge on any atom is 0.191 e. The van der Waals surface area contributed by atoms with Crippen molar-refractivity contribution >= 4 is 28.3 Å². The lowest BCUT2D eigenvalue weighted by Crippen LogP contribution is -2.38. The Morgan fingerprint density at radius 1 is 1.16 bits per heavy atom. The molecule has 2 aromatic heterocycles. The molecule has 0 amide bonds. The molecule has 0 aliphatic rings. The van der Waals surface area contributed by atoms with Crippen LogP contribution in [0.25, 0.3) is 11.0 Å². The Morgan fingerprint density at radius 3 is 2.76 bits per heavy atom. The maximum absolute atomic E-state index is 4.68. The van der Waals surface area contributed by atoms with Gasteiger partial charge in [0.1, 0.15) is 5.82 Å². The molecular formula is C19H25N5S. The molecule has 0 saturated heterocycles. The Labute approximate surface area is 152 Å². The normalized spacial score (nSPS) is 11.9. The predicted molar refractivity (Wildman–Crippen MR) is 106 cm³/mol. The molecule has 0 atom stereocenters. The number of guanidine groups is 1. The van der Waals surface area contributed by atoms with Crippen LogP contribution in [0.2, 0.25) is 0 Å². The molecule has 132 valence electrons. The minimum absolute atomic E-state index is 0.709. The minimum atomic E-state index is 0.709. The van der Waals surface area contributed by atoms with E-state index in [0.29, 0.717) is 6.54 Å². The number of nitrogens with zero attached hydrogens (tertiary/aromatic N) is 3. The number of aromatic nitrogens is 2. The first-order valence-electron chi connectivity index (χ1n) is 8.66. The number of thiophene rings is 1. The van der Waals surface area contributed by atoms with Crippen molar-refractivity contribution < 1.29 is 0 Å². The first kappa shape index (κ1) is 17.5. The summed E-state index contributed by atoms with van der Waals surface area (Å²) in [6.45, 7) is 9.48. The second-order valence-electron chi connectivity index (χ2n) is 5.93. The van der Waals surface area contributed by atoms with Crippen LogP contribution in [0.15, 0.2) is 41.4 Å². The largest absolute Gasteiger partial charge is 0.357 e. The van der Waals surface area contributed by atoms with Gasteiger partial charge in [0.15, 0.2) is 5.96 Å². The van der Waals surface area contributed by atoms with Crippen LogP contribution < -0.4 is 10.6 Å². The number of aryl methyl sites for hydroxylation is 2. The van der Waals surface area contributed by atoms with E-state index in [0.717, 1.165) is 36.9 Å². The topological polar surface area (TPSA) is 54.2 Å². The molecule has 0 aliphatic carbocycles. The van der Waals surface area contributed by atoms with Crippen LogP contribution in [-0.4, -0.2) is 28.6 Å². The Morgan fingerprint density at radius 2 is 2.00 bits per heavy atom. The van der Waals surface area contributed by atoms with E-state index in [-0.39, 0.29) is 0 Å². The first-order chi connectivity index (χ1) is 12.2. The van der Waals surface area contributed by atoms with Crippen LogP contribution in [0, 0.1) is 13.8 Å². The summed E-state index contributed by atoms with van der Waals surface area (Å²) in [6.07, 6.45) is 0. The van der Waals surface area contributed by atoms with Gasteiger partial charge in [-0.2, -0.15) is 0 Å². The number of hydrogen-bond donors (Lipinski definition) is 2. The fraction of sp³-hybridized carbons (Fsp3) is 0.368. The van der Waals surface area contributed by atoms with Crippen molar-refractivity contribution in [3.8, 4) is 0 Å². The van der Waals surface area contributed by atoms with Gasteiger partial charge in [-0.05, 0) is 45.0 Å². The molecule has 0 aliphatic heterocycles. The number of imidazole rings is 1. The predicted octanol–water partition coefficient (Wildman–Crippen LogP) is 3.47. The number of rotatable bonds is 6. The Balaban J connectivity index is 1.62. The first-order valence-corrected chi connectivity index (χ1v) is 9.48. The minimum Gasteiger partial charge on any atom is -0.357 e. The van der Waals surface area contributed by atoms with Crippen molar-refractivity contribution in [3.05, 3.63) is 52.0 Å². The molecule has 0 fully saturated rings. The third-order valence-corrected chi connectivity index (χ3v) is 4.99. The molecule has 25 heavy (non-hydrogen) atoms. The highest BCUT2D eigenvalue weighted by Crippen LogP contribution is 2.16. The summed E-state index contributed by atoms with van der Waals surface area (Å²) in [5, 5.41) is 6.73. The van der Waals surface area contributed by atoms with Gasteiger partial charge in [-0.3, -0.25) is 0 Å². The van der Waals surface area contributed by atoms with Crippen LogP contribution in [-0.2, 0) is 13.1 Å². The monoisotopic (exact) mass is 355 g/mol. The highest BCUT2D eigenvalue weighted by atomic mass is 32.1. The van der Waals surface area contributed by atoms with Gasteiger partial charge >= 0.3 is 0 Å². The van der Waals surface area contributed by atoms with Crippen LogP contribution in [0.5, 0.6) is 0 Å². The molecule has 6 heteroatoms. The lowest BCUT2D eigenvalue weighted by atomic mass is 10.3. The molecule has 2 N–H and O–H groups in total. The van der Waals surface area contributed by atoms with Gasteiger partial charge in [0, 0.05) is 29.4 Å². The van der Waals surface area contributed by atoms with Crippen LogP contribution in [0.1, 0.15) is 22.5 Å². The average Bonchev–Trinajstić information content (AvgIpc) is 3.16. The fourth-order valence-electron chi connectivity index (χ4n) is 2.83. The van der Waals surface area contributed by atoms with Crippen molar-refractivity contribution in [2.75, 3.05) is 13.1 Å². The highest BCUT2D eigenvalue weighted by molar-refractivity contribution is 7.11. The van der Waals surface area contributed by atoms with Gasteiger partial charge < -0.3 is 15.2 Å². The smallest absolute Gasteiger partial charge is 0.191 e. The summed E-state index contributed by atoms with van der Waals surface area (Å²) >= 11 is 1.80. The Kier molecular flexibility index (Phi) is 5.71. The van der Waals surface area contributed by atoms with Crippen molar-refractivity contribution in [1.82, 2.24) is 20.2 Å². The number of benzene rings is 1. The standard InChI is InChI=1S/C19H25N5S/c1-4-20-19(22-13-16-10-9-14(2)25-16)21-11-12-24-15(3)23-17-7-5-6-8-18(17)24/h5-10H,4,11-13H2,1-3H3,(H2,20,21,22). The van der Waals surface area contributed by atoms with Crippen molar-refractivity contribution in [2.45, 2.75) is 33.9 Å². The lowest BCUT2D eigenvalue weighted by Gasteiger charge is -2.12. The van der Waals surface area contributed by atoms with Gasteiger partial charge in [0.25, 0.3) is 0 Å². The quantitative estimate of drug-likeness (QED) is 0.526. The number of fused-ring (bicyclic) bond motifs is 1. The van der Waals surface area contributed by atoms with E-state index >= 15 is 0 Å². The van der Waals surface area contributed by atoms with Crippen LogP contribution in [0.3, 0.4) is 0 Å². The summed E-state index contributed by atoms with van der Waals surface area (Å²) in [6, 6.07) is 12.5. The second kappa shape index (κ2) is 8.16. The van der Waals surface area contributed by atoms with Crippen molar-refractivity contribution in [3.63, 3.8) is 0 Å². The zero-order chi connectivity index (χ0) is 17.6. The molecule has 5 nitrogen and oxygen atoms in total. The lowest BCUT2D eigenvalue weighted by molar-refractivity contribution is 0.660. The van der Waals surface area contributed by atoms with E-state index in [1.807, 2.05) is 6.07 Å². The molecular weight excluding hydrogens is 330 g/mol. The third-order valence-electron chi connectivity index (χ3n) is 4.01. The van der Waals surface area contributed by atoms with Gasteiger partial charge in [0.05, 0.1) is 17.6 Å². The highest BCUT2D eigenvalue weighted by Gasteiger charge is 2.06. The molecule has 0 saturated carbocycles. The molecule has 1 aromatic carbocycles. The summed E-state index contributed by atoms with van der Waals surface area (Å²) in [4.78, 5) is 11.9. The van der Waals surface area contributed by atoms with Gasteiger partial charge in [-0.15, -0.1) is 11.3 Å². The molecule has 0 bridgehead atoms. The SMILES string of the molecule is CCNC(=NCc1ccc(C)s1)NCCn1c(C)nc2ccccc21. The summed E-state index contributed by atoms with van der Waals surface area (Å²) < 4.78 is 2.24. The summed E-state index contributed by atoms with van der Waals surface area (Å²) in [5.41, 5.74) is 2.23. The molecule has 3 aromatic rings. The van der Waals surface area contributed by atoms with Gasteiger partial charge in [0.2, 0.25) is 0 Å². The van der Waals surface area contributed by atoms with E-state index < -0.39 is 0 Å². The zero-order valence-corrected chi connectivity index (χ0v) is 15.9. The van der Waals surface area contributed by atoms with Crippen LogP contribution in [0.4, 0.5) is 0 Å². The number of hydrogen-bond acceptors (Lipinski definition) is 3. The number of para-hydroxylation sites is 2. The van der Waals surface area contributed by atoms with E-state index in [2.05, 4.69) is 76.3 Å². The Bertz CT molecular complexity index is 862. The van der Waals surface area contributed by atoms with Gasteiger partial charge in [-0.1, -0.05) is 12.1 Å². The van der Waals surface area contributed by atoms with E-state index in [1.165, 1.54) is 15.3 Å². The number of nitrogens with one attached hydrogen (secondary N) is 2. The third kappa shape index (κ3) is 4.39. The summed E-state index contributed by atoms with van der Waals surface area (Å²) in [5.74, 6) is 1.90. The fourth-order valence-corrected chi connectivity index (χ4v) is 3.65. The zero-order valence-electron chi connectivity index (χ0n) is 15.0. The van der Waals surface area contributed by atoms with Crippen molar-refractivity contribution in [1.29, 1.82) is 0 Å². The molecule has 0 radical (unpaired) electrons.